The van der Waals surface area contributed by atoms with Gasteiger partial charge in [0.2, 0.25) is 0 Å². The van der Waals surface area contributed by atoms with Crippen LogP contribution in [0.2, 0.25) is 0 Å². The molecule has 2 heterocycles. The van der Waals surface area contributed by atoms with E-state index in [1.54, 1.807) is 0 Å². The van der Waals surface area contributed by atoms with Crippen molar-refractivity contribution in [1.29, 1.82) is 0 Å². The first-order chi connectivity index (χ1) is 9.60. The summed E-state index contributed by atoms with van der Waals surface area (Å²) < 4.78 is 7.54. The Balaban J connectivity index is 1.81. The van der Waals surface area contributed by atoms with Crippen molar-refractivity contribution < 1.29 is 4.74 Å². The molecule has 0 spiro atoms. The molecule has 1 fully saturated rings. The van der Waals surface area contributed by atoms with Crippen molar-refractivity contribution in [3.8, 4) is 0 Å². The molecular weight excluding hydrogens is 272 g/mol. The molecule has 20 heavy (non-hydrogen) atoms. The Morgan fingerprint density at radius 2 is 2.45 bits per heavy atom. The summed E-state index contributed by atoms with van der Waals surface area (Å²) in [6.45, 7) is 7.49. The van der Waals surface area contributed by atoms with Crippen molar-refractivity contribution in [2.75, 3.05) is 20.2 Å². The van der Waals surface area contributed by atoms with E-state index in [0.717, 1.165) is 49.9 Å². The number of ether oxygens (including phenoxy) is 1. The molecule has 112 valence electrons. The van der Waals surface area contributed by atoms with Crippen molar-refractivity contribution in [3.05, 3.63) is 17.5 Å². The average Bonchev–Trinajstić information content (AvgIpc) is 3.06. The van der Waals surface area contributed by atoms with Gasteiger partial charge in [-0.2, -0.15) is 5.10 Å². The first-order valence-corrected chi connectivity index (χ1v) is 7.64. The fourth-order valence-corrected chi connectivity index (χ4v) is 2.49. The Bertz CT molecular complexity index is 454. The van der Waals surface area contributed by atoms with Gasteiger partial charge < -0.3 is 15.0 Å². The van der Waals surface area contributed by atoms with Crippen LogP contribution >= 0.6 is 12.2 Å². The third kappa shape index (κ3) is 3.93. The van der Waals surface area contributed by atoms with Gasteiger partial charge in [-0.05, 0) is 38.9 Å². The number of aromatic nitrogens is 2. The molecule has 5 nitrogen and oxygen atoms in total. The van der Waals surface area contributed by atoms with Gasteiger partial charge in [0.25, 0.3) is 0 Å². The van der Waals surface area contributed by atoms with Gasteiger partial charge in [-0.15, -0.1) is 0 Å². The van der Waals surface area contributed by atoms with Crippen LogP contribution in [0.4, 0.5) is 0 Å². The smallest absolute Gasteiger partial charge is 0.169 e. The van der Waals surface area contributed by atoms with Crippen molar-refractivity contribution in [1.82, 2.24) is 20.0 Å². The zero-order valence-electron chi connectivity index (χ0n) is 12.6. The Kier molecular flexibility index (Phi) is 5.37. The van der Waals surface area contributed by atoms with Gasteiger partial charge in [-0.1, -0.05) is 0 Å². The summed E-state index contributed by atoms with van der Waals surface area (Å²) in [4.78, 5) is 2.05. The molecule has 1 atom stereocenters. The van der Waals surface area contributed by atoms with Crippen molar-refractivity contribution in [3.63, 3.8) is 0 Å². The third-order valence-electron chi connectivity index (χ3n) is 3.63. The molecule has 0 radical (unpaired) electrons. The van der Waals surface area contributed by atoms with Gasteiger partial charge in [0.15, 0.2) is 5.11 Å². The van der Waals surface area contributed by atoms with Crippen LogP contribution in [-0.2, 0) is 17.8 Å². The van der Waals surface area contributed by atoms with Crippen LogP contribution in [0.3, 0.4) is 0 Å². The van der Waals surface area contributed by atoms with Crippen LogP contribution in [0.15, 0.2) is 6.20 Å². The molecule has 1 aromatic rings. The molecule has 1 unspecified atom stereocenters. The Morgan fingerprint density at radius 3 is 3.05 bits per heavy atom. The van der Waals surface area contributed by atoms with Crippen molar-refractivity contribution in [2.45, 2.75) is 45.9 Å². The third-order valence-corrected chi connectivity index (χ3v) is 4.09. The van der Waals surface area contributed by atoms with E-state index in [9.17, 15) is 0 Å². The molecular formula is C14H24N4OS. The van der Waals surface area contributed by atoms with Gasteiger partial charge in [-0.25, -0.2) is 0 Å². The number of rotatable bonds is 5. The van der Waals surface area contributed by atoms with Gasteiger partial charge >= 0.3 is 0 Å². The van der Waals surface area contributed by atoms with Gasteiger partial charge in [0.05, 0.1) is 11.8 Å². The highest BCUT2D eigenvalue weighted by Gasteiger charge is 2.16. The second-order valence-electron chi connectivity index (χ2n) is 5.27. The van der Waals surface area contributed by atoms with Crippen LogP contribution < -0.4 is 5.32 Å². The van der Waals surface area contributed by atoms with Crippen molar-refractivity contribution >= 4 is 17.3 Å². The Morgan fingerprint density at radius 1 is 1.65 bits per heavy atom. The highest BCUT2D eigenvalue weighted by Crippen LogP contribution is 2.11. The molecule has 0 saturated carbocycles. The van der Waals surface area contributed by atoms with E-state index in [-0.39, 0.29) is 0 Å². The number of thiocarbonyl (C=S) groups is 1. The van der Waals surface area contributed by atoms with E-state index in [1.165, 1.54) is 5.56 Å². The van der Waals surface area contributed by atoms with E-state index >= 15 is 0 Å². The predicted molar refractivity (Wildman–Crippen MR) is 83.7 cm³/mol. The van der Waals surface area contributed by atoms with Crippen LogP contribution in [0, 0.1) is 6.92 Å². The molecule has 1 aliphatic heterocycles. The molecule has 1 saturated heterocycles. The van der Waals surface area contributed by atoms with Crippen LogP contribution in [0.5, 0.6) is 0 Å². The first kappa shape index (κ1) is 15.3. The lowest BCUT2D eigenvalue weighted by atomic mass is 10.2. The maximum atomic E-state index is 5.58. The summed E-state index contributed by atoms with van der Waals surface area (Å²) in [5.74, 6) is 0. The lowest BCUT2D eigenvalue weighted by Gasteiger charge is -2.22. The zero-order chi connectivity index (χ0) is 14.5. The second-order valence-corrected chi connectivity index (χ2v) is 5.66. The minimum atomic E-state index is 0.311. The first-order valence-electron chi connectivity index (χ1n) is 7.23. The molecule has 0 bridgehead atoms. The lowest BCUT2D eigenvalue weighted by Crippen LogP contribution is -2.40. The highest BCUT2D eigenvalue weighted by molar-refractivity contribution is 7.80. The van der Waals surface area contributed by atoms with Gasteiger partial charge in [-0.3, -0.25) is 4.68 Å². The largest absolute Gasteiger partial charge is 0.376 e. The van der Waals surface area contributed by atoms with E-state index in [0.29, 0.717) is 6.10 Å². The fourth-order valence-electron chi connectivity index (χ4n) is 2.35. The van der Waals surface area contributed by atoms with Gasteiger partial charge in [0.1, 0.15) is 0 Å². The monoisotopic (exact) mass is 296 g/mol. The summed E-state index contributed by atoms with van der Waals surface area (Å²) in [7, 11) is 2.01. The topological polar surface area (TPSA) is 42.3 Å². The minimum Gasteiger partial charge on any atom is -0.376 e. The van der Waals surface area contributed by atoms with Gasteiger partial charge in [0, 0.05) is 45.0 Å². The predicted octanol–water partition coefficient (Wildman–Crippen LogP) is 1.70. The summed E-state index contributed by atoms with van der Waals surface area (Å²) in [5, 5.41) is 8.51. The molecule has 2 rings (SSSR count). The number of hydrogen-bond acceptors (Lipinski definition) is 3. The Hall–Kier alpha value is -1.14. The normalized spacial score (nSPS) is 18.2. The summed E-state index contributed by atoms with van der Waals surface area (Å²) in [5.41, 5.74) is 2.29. The van der Waals surface area contributed by atoms with E-state index < -0.39 is 0 Å². The number of nitrogens with zero attached hydrogens (tertiary/aromatic N) is 3. The van der Waals surface area contributed by atoms with Crippen LogP contribution in [0.1, 0.15) is 31.0 Å². The van der Waals surface area contributed by atoms with E-state index in [2.05, 4.69) is 23.5 Å². The Labute approximate surface area is 126 Å². The second kappa shape index (κ2) is 7.04. The van der Waals surface area contributed by atoms with E-state index in [1.807, 2.05) is 23.6 Å². The number of hydrogen-bond donors (Lipinski definition) is 1. The quantitative estimate of drug-likeness (QED) is 0.838. The maximum Gasteiger partial charge on any atom is 0.169 e. The highest BCUT2D eigenvalue weighted by atomic mass is 32.1. The van der Waals surface area contributed by atoms with Crippen LogP contribution in [-0.4, -0.2) is 46.1 Å². The number of aryl methyl sites for hydroxylation is 2. The average molecular weight is 296 g/mol. The SMILES string of the molecule is CCn1cc(CN(C)C(=S)NCC2CCCO2)c(C)n1. The standard InChI is InChI=1S/C14H24N4OS/c1-4-18-10-12(11(2)16-18)9-17(3)14(20)15-8-13-6-5-7-19-13/h10,13H,4-9H2,1-3H3,(H,15,20). The van der Waals surface area contributed by atoms with E-state index in [4.69, 9.17) is 17.0 Å². The van der Waals surface area contributed by atoms with Crippen molar-refractivity contribution in [2.24, 2.45) is 0 Å². The maximum absolute atomic E-state index is 5.58. The molecule has 1 aromatic heterocycles. The summed E-state index contributed by atoms with van der Waals surface area (Å²) in [6, 6.07) is 0. The summed E-state index contributed by atoms with van der Waals surface area (Å²) >= 11 is 5.42. The zero-order valence-corrected chi connectivity index (χ0v) is 13.4. The molecule has 6 heteroatoms. The molecule has 0 aromatic carbocycles. The minimum absolute atomic E-state index is 0.311. The van der Waals surface area contributed by atoms with Crippen LogP contribution in [0.25, 0.3) is 0 Å². The fraction of sp³-hybridized carbons (Fsp3) is 0.714. The lowest BCUT2D eigenvalue weighted by molar-refractivity contribution is 0.113. The molecule has 1 aliphatic rings. The summed E-state index contributed by atoms with van der Waals surface area (Å²) in [6.07, 6.45) is 4.69. The molecule has 0 aliphatic carbocycles. The number of nitrogens with one attached hydrogen (secondary N) is 1. The molecule has 1 N–H and O–H groups in total. The molecule has 0 amide bonds.